The van der Waals surface area contributed by atoms with Crippen LogP contribution in [0.5, 0.6) is 0 Å². The molecule has 0 radical (unpaired) electrons. The molecule has 4 amide bonds. The molecular formula is C73H72N4O12. The molecule has 9 aromatic rings. The first-order chi connectivity index (χ1) is 43.0. The van der Waals surface area contributed by atoms with E-state index in [4.69, 9.17) is 19.7 Å². The van der Waals surface area contributed by atoms with E-state index in [2.05, 4.69) is 51.6 Å². The molecular weight excluding hydrogens is 1120 g/mol. The molecule has 0 aromatic heterocycles. The van der Waals surface area contributed by atoms with Gasteiger partial charge in [-0.1, -0.05) is 133 Å². The average molecular weight is 1200 g/mol. The lowest BCUT2D eigenvalue weighted by atomic mass is 10.0. The predicted octanol–water partition coefficient (Wildman–Crippen LogP) is 14.2. The van der Waals surface area contributed by atoms with Crippen LogP contribution in [0.3, 0.4) is 0 Å². The maximum Gasteiger partial charge on any atom is 0.338 e. The van der Waals surface area contributed by atoms with Crippen molar-refractivity contribution in [2.75, 3.05) is 34.5 Å². The maximum atomic E-state index is 12.2. The molecule has 456 valence electrons. The van der Waals surface area contributed by atoms with E-state index in [0.29, 0.717) is 104 Å². The van der Waals surface area contributed by atoms with Gasteiger partial charge in [-0.05, 0) is 176 Å². The third-order valence-corrected chi connectivity index (χ3v) is 13.4. The first kappa shape index (κ1) is 67.1. The molecule has 0 saturated carbocycles. The number of nitrogens with one attached hydrogen (secondary N) is 4. The molecule has 0 fully saturated rings. The number of carbonyl (C=O) groups is 8. The monoisotopic (exact) mass is 1200 g/mol. The number of esters is 2. The van der Waals surface area contributed by atoms with Gasteiger partial charge in [0.2, 0.25) is 23.6 Å². The number of fused-ring (bicyclic) bond motifs is 1. The Balaban J connectivity index is 0.000000190. The van der Waals surface area contributed by atoms with E-state index in [1.807, 2.05) is 103 Å². The molecule has 6 N–H and O–H groups in total. The lowest BCUT2D eigenvalue weighted by Crippen LogP contribution is -2.13. The molecule has 0 aliphatic carbocycles. The van der Waals surface area contributed by atoms with Crippen LogP contribution in [0.25, 0.3) is 10.8 Å². The van der Waals surface area contributed by atoms with Gasteiger partial charge in [-0.2, -0.15) is 0 Å². The number of hydrogen-bond donors (Lipinski definition) is 6. The number of carbonyl (C=O) groups excluding carboxylic acids is 6. The van der Waals surface area contributed by atoms with Crippen LogP contribution < -0.4 is 21.3 Å². The van der Waals surface area contributed by atoms with Crippen molar-refractivity contribution in [3.63, 3.8) is 0 Å². The fourth-order valence-electron chi connectivity index (χ4n) is 8.74. The third kappa shape index (κ3) is 24.1. The minimum absolute atomic E-state index is 0.0484. The molecule has 89 heavy (non-hydrogen) atoms. The fourth-order valence-corrected chi connectivity index (χ4v) is 8.74. The molecule has 16 heteroatoms. The smallest absolute Gasteiger partial charge is 0.338 e. The zero-order valence-corrected chi connectivity index (χ0v) is 49.9. The van der Waals surface area contributed by atoms with Gasteiger partial charge < -0.3 is 41.0 Å². The second-order valence-corrected chi connectivity index (χ2v) is 20.1. The third-order valence-electron chi connectivity index (χ3n) is 13.4. The zero-order chi connectivity index (χ0) is 63.8. The van der Waals surface area contributed by atoms with Gasteiger partial charge in [0.25, 0.3) is 0 Å². The highest BCUT2D eigenvalue weighted by molar-refractivity contribution is 5.96. The second kappa shape index (κ2) is 36.1. The van der Waals surface area contributed by atoms with E-state index < -0.39 is 11.9 Å². The average Bonchev–Trinajstić information content (AvgIpc) is 3.72. The Hall–Kier alpha value is -11.0. The summed E-state index contributed by atoms with van der Waals surface area (Å²) in [6.45, 7) is 5.92. The van der Waals surface area contributed by atoms with Crippen LogP contribution in [-0.2, 0) is 54.3 Å². The molecule has 16 nitrogen and oxygen atoms in total. The van der Waals surface area contributed by atoms with Crippen LogP contribution in [0.15, 0.2) is 224 Å². The van der Waals surface area contributed by atoms with Gasteiger partial charge in [0.05, 0.1) is 35.5 Å². The highest BCUT2D eigenvalue weighted by Gasteiger charge is 2.12. The van der Waals surface area contributed by atoms with E-state index in [1.54, 1.807) is 93.6 Å². The van der Waals surface area contributed by atoms with Crippen LogP contribution in [-0.4, -0.2) is 70.9 Å². The van der Waals surface area contributed by atoms with Crippen molar-refractivity contribution in [2.45, 2.75) is 72.1 Å². The first-order valence-electron chi connectivity index (χ1n) is 29.1. The van der Waals surface area contributed by atoms with Crippen LogP contribution in [0.2, 0.25) is 0 Å². The van der Waals surface area contributed by atoms with E-state index in [1.165, 1.54) is 29.0 Å². The Labute approximate surface area is 518 Å². The molecule has 9 rings (SSSR count). The van der Waals surface area contributed by atoms with E-state index >= 15 is 0 Å². The summed E-state index contributed by atoms with van der Waals surface area (Å²) in [5.74, 6) is -2.93. The van der Waals surface area contributed by atoms with Crippen molar-refractivity contribution in [1.29, 1.82) is 0 Å². The number of carboxylic acid groups (broad SMARTS) is 2. The molecule has 0 aliphatic heterocycles. The van der Waals surface area contributed by atoms with Gasteiger partial charge in [0, 0.05) is 48.4 Å². The highest BCUT2D eigenvalue weighted by Crippen LogP contribution is 2.20. The first-order valence-corrected chi connectivity index (χ1v) is 29.1. The summed E-state index contributed by atoms with van der Waals surface area (Å²) in [5, 5.41) is 31.3. The van der Waals surface area contributed by atoms with Gasteiger partial charge in [-0.25, -0.2) is 19.2 Å². The number of amides is 4. The molecule has 0 atom stereocenters. The largest absolute Gasteiger partial charge is 0.478 e. The predicted molar refractivity (Wildman–Crippen MR) is 347 cm³/mol. The van der Waals surface area contributed by atoms with Gasteiger partial charge in [0.1, 0.15) is 0 Å². The second-order valence-electron chi connectivity index (χ2n) is 20.1. The number of ether oxygens (including phenoxy) is 2. The van der Waals surface area contributed by atoms with Crippen molar-refractivity contribution in [2.24, 2.45) is 0 Å². The van der Waals surface area contributed by atoms with Crippen LogP contribution in [0.1, 0.15) is 109 Å². The lowest BCUT2D eigenvalue weighted by Gasteiger charge is -2.08. The number of carboxylic acids is 2. The van der Waals surface area contributed by atoms with E-state index in [9.17, 15) is 38.4 Å². The SMILES string of the molecule is CCOC(=O)c1ccc(NC(=O)CCc2ccc3ccccc3c2)cc1.CCOC(=O)c1ccc(NC(=O)CCc2ccccc2)cc1.Cc1cc(NC(=O)CCc2ccccc2)ccc1C(=O)O.O=C(CCc1ccccc1)Nc1ccc(C(=O)O)cc1. The van der Waals surface area contributed by atoms with Gasteiger partial charge in [-0.15, -0.1) is 0 Å². The summed E-state index contributed by atoms with van der Waals surface area (Å²) < 4.78 is 9.85. The summed E-state index contributed by atoms with van der Waals surface area (Å²) >= 11 is 0. The molecule has 0 bridgehead atoms. The Morgan fingerprint density at radius 3 is 1.03 bits per heavy atom. The normalized spacial score (nSPS) is 10.2. The van der Waals surface area contributed by atoms with Crippen molar-refractivity contribution >= 4 is 81.0 Å². The standard InChI is InChI=1S/C22H21NO3.C18H19NO3.C17H17NO3.C16H15NO3/c1-2-26-22(25)18-10-12-20(13-11-18)23-21(24)14-8-16-7-9-17-5-3-4-6-19(17)15-16;1-2-22-18(21)15-9-11-16(12-10-15)19-17(20)13-8-14-6-4-3-5-7-14;1-12-11-14(8-9-15(12)17(20)21)18-16(19)10-7-13-5-3-2-4-6-13;18-15(11-6-12-4-2-1-3-5-12)17-14-9-7-13(8-10-14)16(19)20/h3-7,9-13,15H,2,8,14H2,1H3,(H,23,24);3-7,9-12H,2,8,13H2,1H3,(H,19,20);2-6,8-9,11H,7,10H2,1H3,(H,18,19)(H,20,21);1-5,7-10H,6,11H2,(H,17,18)(H,19,20). The summed E-state index contributed by atoms with van der Waals surface area (Å²) in [5.41, 5.74) is 9.09. The van der Waals surface area contributed by atoms with Gasteiger partial charge in [-0.3, -0.25) is 19.2 Å². The van der Waals surface area contributed by atoms with Crippen LogP contribution >= 0.6 is 0 Å². The number of aromatic carboxylic acids is 2. The molecule has 9 aromatic carbocycles. The van der Waals surface area contributed by atoms with Gasteiger partial charge >= 0.3 is 23.9 Å². The van der Waals surface area contributed by atoms with Crippen LogP contribution in [0, 0.1) is 6.92 Å². The minimum atomic E-state index is -0.980. The number of benzene rings is 9. The Bertz CT molecular complexity index is 3770. The van der Waals surface area contributed by atoms with Crippen molar-refractivity contribution < 1.29 is 58.0 Å². The zero-order valence-electron chi connectivity index (χ0n) is 49.9. The number of rotatable bonds is 22. The summed E-state index contributed by atoms with van der Waals surface area (Å²) in [7, 11) is 0. The van der Waals surface area contributed by atoms with Crippen molar-refractivity contribution in [3.8, 4) is 0 Å². The Kier molecular flexibility index (Phi) is 27.2. The number of anilines is 4. The molecule has 0 spiro atoms. The lowest BCUT2D eigenvalue weighted by molar-refractivity contribution is -0.117. The number of aryl methyl sites for hydroxylation is 5. The topological polar surface area (TPSA) is 244 Å². The Morgan fingerprint density at radius 2 is 0.674 bits per heavy atom. The van der Waals surface area contributed by atoms with Gasteiger partial charge in [0.15, 0.2) is 0 Å². The van der Waals surface area contributed by atoms with Crippen LogP contribution in [0.4, 0.5) is 22.7 Å². The molecule has 0 heterocycles. The molecule has 0 unspecified atom stereocenters. The van der Waals surface area contributed by atoms with Crippen molar-refractivity contribution in [3.05, 3.63) is 275 Å². The highest BCUT2D eigenvalue weighted by atomic mass is 16.5. The van der Waals surface area contributed by atoms with E-state index in [0.717, 1.165) is 22.3 Å². The summed E-state index contributed by atoms with van der Waals surface area (Å²) in [4.78, 5) is 92.5. The quantitative estimate of drug-likeness (QED) is 0.0347. The van der Waals surface area contributed by atoms with E-state index in [-0.39, 0.29) is 46.7 Å². The maximum absolute atomic E-state index is 12.2. The Morgan fingerprint density at radius 1 is 0.337 bits per heavy atom. The minimum Gasteiger partial charge on any atom is -0.478 e. The summed E-state index contributed by atoms with van der Waals surface area (Å²) in [6, 6.07) is 68.2. The molecule has 0 saturated heterocycles. The molecule has 0 aliphatic rings. The fraction of sp³-hybridized carbons (Fsp3) is 0.178. The van der Waals surface area contributed by atoms with Crippen molar-refractivity contribution in [1.82, 2.24) is 0 Å². The number of hydrogen-bond acceptors (Lipinski definition) is 10. The summed E-state index contributed by atoms with van der Waals surface area (Å²) in [6.07, 6.45) is 4.35.